The average molecular weight is 426 g/mol. The molecule has 0 radical (unpaired) electrons. The van der Waals surface area contributed by atoms with E-state index in [9.17, 15) is 0 Å². The number of hydrogen-bond donors (Lipinski definition) is 1. The van der Waals surface area contributed by atoms with Crippen molar-refractivity contribution >= 4 is 11.8 Å². The van der Waals surface area contributed by atoms with Crippen LogP contribution in [0.4, 0.5) is 11.8 Å². The maximum atomic E-state index is 7.58. The van der Waals surface area contributed by atoms with Crippen LogP contribution < -0.4 is 8.85 Å². The van der Waals surface area contributed by atoms with Crippen LogP contribution in [0.3, 0.4) is 0 Å². The number of hydrogen-bond acceptors (Lipinski definition) is 4. The van der Waals surface area contributed by atoms with E-state index < -0.39 is 0 Å². The van der Waals surface area contributed by atoms with Gasteiger partial charge in [0, 0.05) is 0 Å². The van der Waals surface area contributed by atoms with Crippen LogP contribution in [0.1, 0.15) is 1.37 Å². The van der Waals surface area contributed by atoms with Gasteiger partial charge in [0.2, 0.25) is 0 Å². The van der Waals surface area contributed by atoms with Crippen molar-refractivity contribution in [3.05, 3.63) is 12.2 Å². The first-order valence-corrected chi connectivity index (χ1v) is 5.54. The van der Waals surface area contributed by atoms with Crippen LogP contribution in [0.5, 0.6) is 0 Å². The van der Waals surface area contributed by atoms with Gasteiger partial charge in [0.25, 0.3) is 0 Å². The van der Waals surface area contributed by atoms with Gasteiger partial charge in [-0.05, 0) is 0 Å². The van der Waals surface area contributed by atoms with Crippen LogP contribution in [0.25, 0.3) is 0 Å². The standard InChI is InChI=1S/C6H8N4.Re.Rh/c1-7-5-3-4-9-6(8-2)10-5;;/h3-4H,1H2,2H3,(H-,7,8,9,10);;/q-1;+1;/i3D;;. The molecule has 1 aromatic rings. The van der Waals surface area contributed by atoms with Gasteiger partial charge >= 0.3 is 94.1 Å². The molecular weight excluding hydrogens is 417 g/mol. The number of aromatic nitrogens is 2. The Bertz CT molecular complexity index is 298. The number of rotatable bonds is 3. The molecule has 0 spiro atoms. The first-order chi connectivity index (χ1) is 6.19. The molecule has 0 saturated heterocycles. The molecule has 0 bridgehead atoms. The molecule has 6 heteroatoms. The summed E-state index contributed by atoms with van der Waals surface area (Å²) >= 11 is 4.24. The average Bonchev–Trinajstić information content (AvgIpc) is 2.17. The summed E-state index contributed by atoms with van der Waals surface area (Å²) in [6, 6.07) is 0.347. The van der Waals surface area contributed by atoms with Crippen molar-refractivity contribution in [1.82, 2.24) is 9.97 Å². The van der Waals surface area contributed by atoms with E-state index in [1.54, 1.807) is 7.05 Å². The van der Waals surface area contributed by atoms with Gasteiger partial charge in [-0.15, -0.1) is 0 Å². The molecule has 0 aliphatic heterocycles. The van der Waals surface area contributed by atoms with E-state index in [4.69, 9.17) is 1.37 Å². The van der Waals surface area contributed by atoms with Crippen LogP contribution in [0.15, 0.2) is 12.2 Å². The van der Waals surface area contributed by atoms with Gasteiger partial charge in [0.05, 0.1) is 0 Å². The van der Waals surface area contributed by atoms with Gasteiger partial charge in [-0.25, -0.2) is 0 Å². The summed E-state index contributed by atoms with van der Waals surface area (Å²) in [6.07, 6.45) is 1.50. The van der Waals surface area contributed by atoms with E-state index in [0.717, 1.165) is 5.14 Å². The van der Waals surface area contributed by atoms with E-state index in [2.05, 4.69) is 33.6 Å². The molecule has 1 rings (SSSR count). The Labute approximate surface area is 93.9 Å². The summed E-state index contributed by atoms with van der Waals surface area (Å²) in [5, 5.41) is 3.58. The molecule has 1 N–H and O–H groups in total. The minimum atomic E-state index is 0.347. The zero-order valence-corrected chi connectivity index (χ0v) is 10.7. The number of anilines is 2. The molecular formula is C6H8N4ReRh. The molecule has 0 aromatic carbocycles. The van der Waals surface area contributed by atoms with E-state index in [1.165, 1.54) is 25.6 Å². The molecule has 1 heterocycles. The van der Waals surface area contributed by atoms with Crippen LogP contribution in [-0.2, 0) is 37.7 Å². The first kappa shape index (κ1) is 8.56. The molecule has 0 amide bonds. The second-order valence-electron chi connectivity index (χ2n) is 1.88. The van der Waals surface area contributed by atoms with Crippen LogP contribution in [0.2, 0.25) is 0 Å². The van der Waals surface area contributed by atoms with E-state index in [-0.39, 0.29) is 0 Å². The second kappa shape index (κ2) is 4.86. The number of nitrogens with zero attached hydrogens (tertiary/aromatic N) is 3. The molecule has 1 aromatic heterocycles. The summed E-state index contributed by atoms with van der Waals surface area (Å²) in [7, 11) is 1.76. The third-order valence-electron chi connectivity index (χ3n) is 1.14. The van der Waals surface area contributed by atoms with Gasteiger partial charge in [0.15, 0.2) is 0 Å². The Morgan fingerprint density at radius 3 is 3.25 bits per heavy atom. The van der Waals surface area contributed by atoms with E-state index >= 15 is 0 Å². The molecule has 4 nitrogen and oxygen atoms in total. The maximum absolute atomic E-state index is 7.58. The monoisotopic (exact) mass is 427 g/mol. The topological polar surface area (TPSA) is 41.1 Å². The quantitative estimate of drug-likeness (QED) is 0.706. The van der Waals surface area contributed by atoms with Crippen molar-refractivity contribution < 1.29 is 39.1 Å². The van der Waals surface area contributed by atoms with Gasteiger partial charge in [-0.3, -0.25) is 0 Å². The summed E-state index contributed by atoms with van der Waals surface area (Å²) in [5.41, 5.74) is 0. The SMILES string of the molecule is [2H]c1cnc(NC)nc1[N]([Re])[CH2][Rh]. The summed E-state index contributed by atoms with van der Waals surface area (Å²) < 4.78 is 9.49. The molecule has 0 aliphatic rings. The van der Waals surface area contributed by atoms with Crippen molar-refractivity contribution in [3.63, 3.8) is 0 Å². The number of nitrogens with one attached hydrogen (secondary N) is 1. The van der Waals surface area contributed by atoms with Gasteiger partial charge in [-0.1, -0.05) is 0 Å². The van der Waals surface area contributed by atoms with Crippen molar-refractivity contribution in [3.8, 4) is 0 Å². The molecule has 0 saturated carbocycles. The molecule has 12 heavy (non-hydrogen) atoms. The van der Waals surface area contributed by atoms with Crippen LogP contribution in [-0.4, -0.2) is 22.2 Å². The minimum absolute atomic E-state index is 0.347. The van der Waals surface area contributed by atoms with Gasteiger partial charge in [0.1, 0.15) is 0 Å². The van der Waals surface area contributed by atoms with E-state index in [0.29, 0.717) is 17.8 Å². The normalized spacial score (nSPS) is 10.8. The van der Waals surface area contributed by atoms with Crippen LogP contribution >= 0.6 is 0 Å². The van der Waals surface area contributed by atoms with Crippen molar-refractivity contribution in [2.24, 2.45) is 0 Å². The Kier molecular flexibility index (Phi) is 3.47. The Hall–Kier alpha value is -0.0343. The molecule has 68 valence electrons. The fraction of sp³-hybridized carbons (Fsp3) is 0.333. The Morgan fingerprint density at radius 1 is 1.92 bits per heavy atom. The van der Waals surface area contributed by atoms with Crippen LogP contribution in [0, 0.1) is 0 Å². The predicted molar refractivity (Wildman–Crippen MR) is 38.9 cm³/mol. The predicted octanol–water partition coefficient (Wildman–Crippen LogP) is 0.291. The van der Waals surface area contributed by atoms with E-state index in [1.807, 2.05) is 3.53 Å². The Morgan fingerprint density at radius 2 is 2.67 bits per heavy atom. The fourth-order valence-corrected chi connectivity index (χ4v) is 1.16. The van der Waals surface area contributed by atoms with Crippen molar-refractivity contribution in [2.75, 3.05) is 21.0 Å². The van der Waals surface area contributed by atoms with Gasteiger partial charge < -0.3 is 0 Å². The first-order valence-electron chi connectivity index (χ1n) is 3.66. The summed E-state index contributed by atoms with van der Waals surface area (Å²) in [6.45, 7) is 0. The van der Waals surface area contributed by atoms with Gasteiger partial charge in [-0.2, -0.15) is 0 Å². The summed E-state index contributed by atoms with van der Waals surface area (Å²) in [4.78, 5) is 8.11. The Balaban J connectivity index is 3.03. The fourth-order valence-electron chi connectivity index (χ4n) is 0.607. The summed E-state index contributed by atoms with van der Waals surface area (Å²) in [5.74, 6) is 1.20. The molecule has 0 aliphatic carbocycles. The molecule has 0 fully saturated rings. The second-order valence-corrected chi connectivity index (χ2v) is 3.86. The third kappa shape index (κ3) is 2.48. The molecule has 0 atom stereocenters. The van der Waals surface area contributed by atoms with Crippen molar-refractivity contribution in [2.45, 2.75) is 0 Å². The van der Waals surface area contributed by atoms with Crippen molar-refractivity contribution in [1.29, 1.82) is 0 Å². The zero-order chi connectivity index (χ0) is 9.84. The zero-order valence-electron chi connectivity index (χ0n) is 7.34. The molecule has 0 unspecified atom stereocenters. The third-order valence-corrected chi connectivity index (χ3v) is 3.86.